The zero-order valence-corrected chi connectivity index (χ0v) is 41.4. The van der Waals surface area contributed by atoms with Gasteiger partial charge >= 0.3 is 17.9 Å². The molecule has 0 amide bonds. The molecule has 3 N–H and O–H groups in total. The predicted octanol–water partition coefficient (Wildman–Crippen LogP) is 4.36. The van der Waals surface area contributed by atoms with E-state index in [1.807, 2.05) is 50.3 Å². The number of methoxy groups -OCH3 is 3. The van der Waals surface area contributed by atoms with Crippen LogP contribution in [0.1, 0.15) is 72.8 Å². The Labute approximate surface area is 401 Å². The predicted molar refractivity (Wildman–Crippen MR) is 250 cm³/mol. The van der Waals surface area contributed by atoms with E-state index in [9.17, 15) is 34.5 Å². The number of aliphatic hydroxyl groups excluding tert-OH is 3. The minimum absolute atomic E-state index is 0.0361. The van der Waals surface area contributed by atoms with E-state index in [4.69, 9.17) is 42.6 Å². The van der Waals surface area contributed by atoms with Gasteiger partial charge in [0.05, 0.1) is 50.6 Å². The van der Waals surface area contributed by atoms with Crippen LogP contribution in [0.5, 0.6) is 0 Å². The van der Waals surface area contributed by atoms with E-state index in [0.717, 1.165) is 5.56 Å². The molecular weight excluding hydrogens is 883 g/mol. The summed E-state index contributed by atoms with van der Waals surface area (Å²) in [6, 6.07) is 8.32. The Bertz CT molecular complexity index is 1890. The molecule has 3 heterocycles. The Morgan fingerprint density at radius 1 is 0.838 bits per heavy atom. The van der Waals surface area contributed by atoms with Crippen LogP contribution in [0.25, 0.3) is 6.08 Å². The topological polar surface area (TPSA) is 215 Å². The molecule has 68 heavy (non-hydrogen) atoms. The van der Waals surface area contributed by atoms with Gasteiger partial charge in [0, 0.05) is 44.1 Å². The molecule has 0 radical (unpaired) electrons. The number of cyclic esters (lactones) is 1. The van der Waals surface area contributed by atoms with Gasteiger partial charge in [-0.25, -0.2) is 9.59 Å². The highest BCUT2D eigenvalue weighted by Crippen LogP contribution is 2.36. The average Bonchev–Trinajstić information content (AvgIpc) is 3.31. The molecule has 17 heteroatoms. The quantitative estimate of drug-likeness (QED) is 0.127. The molecule has 0 bridgehead atoms. The molecule has 0 spiro atoms. The van der Waals surface area contributed by atoms with Crippen LogP contribution in [0.3, 0.4) is 0 Å². The lowest BCUT2D eigenvalue weighted by Gasteiger charge is -2.46. The van der Waals surface area contributed by atoms with Crippen molar-refractivity contribution in [1.29, 1.82) is 0 Å². The normalized spacial score (nSPS) is 37.1. The second-order valence-corrected chi connectivity index (χ2v) is 18.3. The molecule has 380 valence electrons. The fourth-order valence-electron chi connectivity index (χ4n) is 9.09. The fraction of sp³-hybridized carbons (Fsp3) is 0.647. The van der Waals surface area contributed by atoms with Gasteiger partial charge in [0.15, 0.2) is 18.4 Å². The van der Waals surface area contributed by atoms with Crippen molar-refractivity contribution in [2.24, 2.45) is 23.7 Å². The molecular formula is C51H75NO16. The smallest absolute Gasteiger partial charge is 0.331 e. The third-order valence-corrected chi connectivity index (χ3v) is 13.1. The van der Waals surface area contributed by atoms with Crippen LogP contribution in [-0.4, -0.2) is 166 Å². The summed E-state index contributed by atoms with van der Waals surface area (Å²) in [6.45, 7) is 10.5. The van der Waals surface area contributed by atoms with Crippen molar-refractivity contribution in [3.63, 3.8) is 0 Å². The standard InChI is InChI=1S/C51H75NO16/c1-12-38-36(28-63-51-49(62-11)48(61-10)45(58)33(6)65-51)25-29(2)21-23-37(53)30(3)26-35(19-16-20-40(54)60-9)47(68-50-46(59)43(52(7)8)44(57)32(5)64-50)31(4)39(27-42(56)66-38)67-41(55)24-22-34-17-14-13-15-18-34/h13-18,20-25,30-33,35-36,38-39,43-51,57-59H,12,19,26-28H2,1-11H3/b20-16+,23-21+,24-22+,29-25+/t30-,31+,32+,33-,35+,36-,38-,39-,43-,44+,45-,46+,47-,48-,49-,50-,51-/m1/s1. The van der Waals surface area contributed by atoms with Gasteiger partial charge in [-0.15, -0.1) is 0 Å². The summed E-state index contributed by atoms with van der Waals surface area (Å²) in [7, 11) is 7.61. The molecule has 4 rings (SSSR count). The third kappa shape index (κ3) is 15.7. The van der Waals surface area contributed by atoms with Gasteiger partial charge in [-0.3, -0.25) is 9.59 Å². The number of carbonyl (C=O) groups is 4. The summed E-state index contributed by atoms with van der Waals surface area (Å²) < 4.78 is 53.8. The highest BCUT2D eigenvalue weighted by Gasteiger charge is 2.48. The summed E-state index contributed by atoms with van der Waals surface area (Å²) in [4.78, 5) is 56.2. The molecule has 3 aliphatic heterocycles. The van der Waals surface area contributed by atoms with Crippen molar-refractivity contribution < 1.29 is 77.1 Å². The van der Waals surface area contributed by atoms with E-state index < -0.39 is 128 Å². The van der Waals surface area contributed by atoms with Crippen LogP contribution in [0.2, 0.25) is 0 Å². The number of benzene rings is 1. The molecule has 1 aromatic carbocycles. The van der Waals surface area contributed by atoms with Crippen LogP contribution in [-0.2, 0) is 61.8 Å². The first kappa shape index (κ1) is 56.4. The second-order valence-electron chi connectivity index (χ2n) is 18.3. The van der Waals surface area contributed by atoms with Crippen LogP contribution in [0.4, 0.5) is 0 Å². The number of esters is 3. The summed E-state index contributed by atoms with van der Waals surface area (Å²) in [5, 5.41) is 33.6. The lowest BCUT2D eigenvalue weighted by molar-refractivity contribution is -0.304. The van der Waals surface area contributed by atoms with Gasteiger partial charge in [0.1, 0.15) is 36.6 Å². The number of aliphatic hydroxyl groups is 3. The maximum absolute atomic E-state index is 14.4. The van der Waals surface area contributed by atoms with Gasteiger partial charge in [-0.05, 0) is 77.8 Å². The number of allylic oxidation sites excluding steroid dienone is 4. The number of hydrogen-bond acceptors (Lipinski definition) is 17. The molecule has 1 aromatic rings. The summed E-state index contributed by atoms with van der Waals surface area (Å²) in [6.07, 6.45) is -0.816. The van der Waals surface area contributed by atoms with Gasteiger partial charge < -0.3 is 62.9 Å². The number of hydrogen-bond donors (Lipinski definition) is 3. The van der Waals surface area contributed by atoms with Gasteiger partial charge in [-0.2, -0.15) is 0 Å². The SMILES string of the molecule is CC[C@H]1OC(=O)C[C@@H](OC(=O)/C=C/c2ccccc2)[C@H](C)[C@@H](O[C@H]2O[C@@H](C)[C@H](O)[C@@H](N(C)C)[C@@H]2O)[C@@H](C/C=C/C(=O)OC)C[C@@H](C)C(=O)/C=C/C(C)=C/[C@@H]1CO[C@@H]1O[C@H](C)[C@@H](O)[C@@H](OC)[C@H]1OC. The Balaban J connectivity index is 1.83. The monoisotopic (exact) mass is 958 g/mol. The minimum Gasteiger partial charge on any atom is -0.466 e. The Morgan fingerprint density at radius 2 is 1.50 bits per heavy atom. The van der Waals surface area contributed by atoms with Crippen LogP contribution >= 0.6 is 0 Å². The Morgan fingerprint density at radius 3 is 2.13 bits per heavy atom. The molecule has 17 atom stereocenters. The number of carbonyl (C=O) groups excluding carboxylic acids is 4. The van der Waals surface area contributed by atoms with Crippen molar-refractivity contribution in [2.45, 2.75) is 147 Å². The van der Waals surface area contributed by atoms with Crippen molar-refractivity contribution in [1.82, 2.24) is 4.90 Å². The Kier molecular flexibility index (Phi) is 22.7. The van der Waals surface area contributed by atoms with E-state index in [0.29, 0.717) is 12.0 Å². The summed E-state index contributed by atoms with van der Waals surface area (Å²) in [5.74, 6) is -4.99. The molecule has 0 aromatic heterocycles. The van der Waals surface area contributed by atoms with E-state index >= 15 is 0 Å². The highest BCUT2D eigenvalue weighted by atomic mass is 16.7. The summed E-state index contributed by atoms with van der Waals surface area (Å²) >= 11 is 0. The van der Waals surface area contributed by atoms with Crippen LogP contribution in [0, 0.1) is 23.7 Å². The minimum atomic E-state index is -1.37. The average molecular weight is 958 g/mol. The second kappa shape index (κ2) is 27.3. The van der Waals surface area contributed by atoms with Gasteiger partial charge in [0.25, 0.3) is 0 Å². The van der Waals surface area contributed by atoms with E-state index in [-0.39, 0.29) is 25.2 Å². The largest absolute Gasteiger partial charge is 0.466 e. The van der Waals surface area contributed by atoms with Crippen molar-refractivity contribution >= 4 is 29.8 Å². The lowest BCUT2D eigenvalue weighted by Crippen LogP contribution is -2.63. The van der Waals surface area contributed by atoms with Crippen molar-refractivity contribution in [2.75, 3.05) is 42.0 Å². The zero-order valence-electron chi connectivity index (χ0n) is 41.4. The molecule has 3 aliphatic rings. The first-order valence-corrected chi connectivity index (χ1v) is 23.5. The molecule has 0 aliphatic carbocycles. The molecule has 0 saturated carbocycles. The number of rotatable bonds is 15. The Hall–Kier alpha value is -4.14. The number of ether oxygens (including phenoxy) is 9. The number of ketones is 1. The molecule has 2 fully saturated rings. The number of nitrogens with zero attached hydrogens (tertiary/aromatic N) is 1. The molecule has 2 saturated heterocycles. The van der Waals surface area contributed by atoms with Crippen molar-refractivity contribution in [3.05, 3.63) is 77.9 Å². The fourth-order valence-corrected chi connectivity index (χ4v) is 9.09. The number of likely N-dealkylation sites (N-methyl/N-ethyl adjacent to an activating group) is 1. The highest BCUT2D eigenvalue weighted by molar-refractivity contribution is 5.92. The van der Waals surface area contributed by atoms with E-state index in [1.54, 1.807) is 64.9 Å². The van der Waals surface area contributed by atoms with Crippen LogP contribution < -0.4 is 0 Å². The van der Waals surface area contributed by atoms with Crippen molar-refractivity contribution in [3.8, 4) is 0 Å². The van der Waals surface area contributed by atoms with Gasteiger partial charge in [-0.1, -0.05) is 74.9 Å². The van der Waals surface area contributed by atoms with Crippen LogP contribution in [0.15, 0.2) is 72.4 Å². The van der Waals surface area contributed by atoms with Gasteiger partial charge in [0.2, 0.25) is 0 Å². The first-order chi connectivity index (χ1) is 32.3. The zero-order chi connectivity index (χ0) is 50.2. The van der Waals surface area contributed by atoms with E-state index in [1.165, 1.54) is 39.6 Å². The maximum atomic E-state index is 14.4. The lowest BCUT2D eigenvalue weighted by atomic mass is 9.79. The molecule has 0 unspecified atom stereocenters. The summed E-state index contributed by atoms with van der Waals surface area (Å²) in [5.41, 5.74) is 1.41. The van der Waals surface area contributed by atoms with E-state index in [2.05, 4.69) is 0 Å². The molecule has 17 nitrogen and oxygen atoms in total. The maximum Gasteiger partial charge on any atom is 0.331 e. The first-order valence-electron chi connectivity index (χ1n) is 23.5. The third-order valence-electron chi connectivity index (χ3n) is 13.1.